The highest BCUT2D eigenvalue weighted by atomic mass is 79.9. The van der Waals surface area contributed by atoms with Crippen molar-refractivity contribution in [1.82, 2.24) is 10.3 Å². The number of pyridine rings is 1. The Bertz CT molecular complexity index is 1300. The molecule has 0 radical (unpaired) electrons. The number of halogens is 5. The fourth-order valence-electron chi connectivity index (χ4n) is 4.93. The third-order valence-corrected chi connectivity index (χ3v) is 7.26. The number of rotatable bonds is 3. The number of piperidine rings is 1. The molecule has 35 heavy (non-hydrogen) atoms. The number of hydrogen-bond donors (Lipinski definition) is 1. The number of aromatic nitrogens is 1. The molecule has 1 aromatic heterocycles. The van der Waals surface area contributed by atoms with Crippen molar-refractivity contribution in [2.45, 2.75) is 56.3 Å². The number of anilines is 1. The van der Waals surface area contributed by atoms with Gasteiger partial charge in [-0.05, 0) is 50.5 Å². The van der Waals surface area contributed by atoms with Crippen molar-refractivity contribution in [2.75, 3.05) is 11.4 Å². The summed E-state index contributed by atoms with van der Waals surface area (Å²) >= 11 is 3.27. The van der Waals surface area contributed by atoms with E-state index in [-0.39, 0.29) is 29.3 Å². The number of amidine groups is 1. The van der Waals surface area contributed by atoms with Gasteiger partial charge in [0.15, 0.2) is 0 Å². The molecule has 0 unspecified atom stereocenters. The highest BCUT2D eigenvalue weighted by Gasteiger charge is 2.49. The molecule has 11 heteroatoms. The van der Waals surface area contributed by atoms with Crippen molar-refractivity contribution in [1.29, 1.82) is 5.26 Å². The third-order valence-electron chi connectivity index (χ3n) is 6.80. The van der Waals surface area contributed by atoms with Gasteiger partial charge in [0.1, 0.15) is 34.5 Å². The minimum absolute atomic E-state index is 0.0685. The van der Waals surface area contributed by atoms with Crippen LogP contribution in [0.1, 0.15) is 61.0 Å². The van der Waals surface area contributed by atoms with Gasteiger partial charge in [-0.2, -0.15) is 18.4 Å². The standard InChI is InChI=1S/C24H20BrF4N5O/c1-12-10-23(6-7-34(12)18-9-14(25)8-17(26)16(18)11-30)22(35)32-21(33-23)15-4-5-19(24(27,28)29)31-20(15)13-2-3-13/h4-5,8-9,12-13H,2-3,6-7,10H2,1H3,(H,32,33,35)/t12-,23+/m0/s1. The van der Waals surface area contributed by atoms with Gasteiger partial charge in [-0.25, -0.2) is 9.37 Å². The maximum atomic E-state index is 14.4. The Hall–Kier alpha value is -3.00. The second-order valence-electron chi connectivity index (χ2n) is 9.24. The van der Waals surface area contributed by atoms with Gasteiger partial charge in [-0.1, -0.05) is 15.9 Å². The Morgan fingerprint density at radius 1 is 1.29 bits per heavy atom. The molecule has 6 nitrogen and oxygen atoms in total. The number of carbonyl (C=O) groups is 1. The maximum Gasteiger partial charge on any atom is 0.433 e. The van der Waals surface area contributed by atoms with Crippen LogP contribution in [0.4, 0.5) is 23.2 Å². The van der Waals surface area contributed by atoms with E-state index < -0.39 is 23.2 Å². The molecule has 1 saturated carbocycles. The molecule has 1 amide bonds. The highest BCUT2D eigenvalue weighted by Crippen LogP contribution is 2.43. The molecule has 1 aliphatic carbocycles. The first kappa shape index (κ1) is 23.7. The average Bonchev–Trinajstić information content (AvgIpc) is 3.58. The van der Waals surface area contributed by atoms with Gasteiger partial charge < -0.3 is 10.2 Å². The van der Waals surface area contributed by atoms with Crippen LogP contribution in [0.25, 0.3) is 0 Å². The number of amides is 1. The zero-order valence-corrected chi connectivity index (χ0v) is 20.2. The third kappa shape index (κ3) is 4.18. The number of carbonyl (C=O) groups excluding carboxylic acids is 1. The van der Waals surface area contributed by atoms with Crippen LogP contribution in [0.3, 0.4) is 0 Å². The summed E-state index contributed by atoms with van der Waals surface area (Å²) in [7, 11) is 0. The van der Waals surface area contributed by atoms with Crippen LogP contribution in [0.5, 0.6) is 0 Å². The molecule has 3 aliphatic rings. The lowest BCUT2D eigenvalue weighted by atomic mass is 9.83. The van der Waals surface area contributed by atoms with Gasteiger partial charge in [0.2, 0.25) is 0 Å². The smallest absolute Gasteiger partial charge is 0.367 e. The fourth-order valence-corrected chi connectivity index (χ4v) is 5.35. The van der Waals surface area contributed by atoms with E-state index in [1.807, 2.05) is 17.9 Å². The van der Waals surface area contributed by atoms with Crippen LogP contribution < -0.4 is 10.2 Å². The van der Waals surface area contributed by atoms with Crippen LogP contribution in [-0.4, -0.2) is 34.9 Å². The number of aliphatic imine (C=N–C) groups is 1. The van der Waals surface area contributed by atoms with E-state index in [0.29, 0.717) is 40.8 Å². The Balaban J connectivity index is 1.46. The number of alkyl halides is 3. The van der Waals surface area contributed by atoms with Gasteiger partial charge >= 0.3 is 6.18 Å². The van der Waals surface area contributed by atoms with Crippen molar-refractivity contribution in [3.05, 3.63) is 57.1 Å². The molecular formula is C24H20BrF4N5O. The molecule has 2 atom stereocenters. The zero-order valence-electron chi connectivity index (χ0n) is 18.6. The zero-order chi connectivity index (χ0) is 25.1. The molecule has 182 valence electrons. The van der Waals surface area contributed by atoms with Gasteiger partial charge in [0, 0.05) is 35.0 Å². The Morgan fingerprint density at radius 3 is 2.66 bits per heavy atom. The first-order chi connectivity index (χ1) is 16.5. The number of nitrogens with zero attached hydrogens (tertiary/aromatic N) is 4. The van der Waals surface area contributed by atoms with Gasteiger partial charge in [-0.15, -0.1) is 0 Å². The predicted octanol–water partition coefficient (Wildman–Crippen LogP) is 5.06. The largest absolute Gasteiger partial charge is 0.433 e. The lowest BCUT2D eigenvalue weighted by Gasteiger charge is -2.42. The van der Waals surface area contributed by atoms with Crippen molar-refractivity contribution >= 4 is 33.4 Å². The number of nitriles is 1. The molecular weight excluding hydrogens is 530 g/mol. The summed E-state index contributed by atoms with van der Waals surface area (Å²) in [6.45, 7) is 2.22. The van der Waals surface area contributed by atoms with E-state index in [1.165, 1.54) is 12.1 Å². The normalized spacial score (nSPS) is 24.4. The highest BCUT2D eigenvalue weighted by molar-refractivity contribution is 9.10. The lowest BCUT2D eigenvalue weighted by molar-refractivity contribution is -0.141. The fraction of sp³-hybridized carbons (Fsp3) is 0.417. The average molecular weight is 550 g/mol. The summed E-state index contributed by atoms with van der Waals surface area (Å²) < 4.78 is 54.5. The minimum atomic E-state index is -4.55. The number of nitrogens with one attached hydrogen (secondary N) is 1. The van der Waals surface area contributed by atoms with Crippen molar-refractivity contribution in [3.8, 4) is 6.07 Å². The van der Waals surface area contributed by atoms with Crippen molar-refractivity contribution in [3.63, 3.8) is 0 Å². The summed E-state index contributed by atoms with van der Waals surface area (Å²) in [5.74, 6) is -0.794. The Morgan fingerprint density at radius 2 is 2.03 bits per heavy atom. The number of benzene rings is 1. The van der Waals surface area contributed by atoms with Crippen molar-refractivity contribution in [2.24, 2.45) is 4.99 Å². The second-order valence-corrected chi connectivity index (χ2v) is 10.2. The quantitative estimate of drug-likeness (QED) is 0.543. The predicted molar refractivity (Wildman–Crippen MR) is 123 cm³/mol. The Labute approximate surface area is 207 Å². The van der Waals surface area contributed by atoms with Crippen LogP contribution in [-0.2, 0) is 11.0 Å². The number of hydrogen-bond acceptors (Lipinski definition) is 5. The molecule has 1 N–H and O–H groups in total. The molecule has 1 aromatic carbocycles. The summed E-state index contributed by atoms with van der Waals surface area (Å²) in [6, 6.07) is 6.81. The molecule has 2 aliphatic heterocycles. The van der Waals surface area contributed by atoms with E-state index in [2.05, 4.69) is 26.2 Å². The Kier molecular flexibility index (Phi) is 5.62. The lowest BCUT2D eigenvalue weighted by Crippen LogP contribution is -2.53. The van der Waals surface area contributed by atoms with E-state index in [9.17, 15) is 27.6 Å². The molecule has 5 rings (SSSR count). The molecule has 1 spiro atoms. The molecule has 2 aromatic rings. The van der Waals surface area contributed by atoms with Crippen LogP contribution >= 0.6 is 15.9 Å². The first-order valence-electron chi connectivity index (χ1n) is 11.2. The van der Waals surface area contributed by atoms with E-state index >= 15 is 0 Å². The van der Waals surface area contributed by atoms with Crippen LogP contribution in [0.15, 0.2) is 33.7 Å². The maximum absolute atomic E-state index is 14.4. The summed E-state index contributed by atoms with van der Waals surface area (Å²) in [5.41, 5.74) is -0.953. The van der Waals surface area contributed by atoms with E-state index in [4.69, 9.17) is 4.99 Å². The minimum Gasteiger partial charge on any atom is -0.367 e. The topological polar surface area (TPSA) is 81.4 Å². The first-order valence-corrected chi connectivity index (χ1v) is 12.0. The molecule has 2 fully saturated rings. The second kappa shape index (κ2) is 8.29. The van der Waals surface area contributed by atoms with Crippen LogP contribution in [0, 0.1) is 17.1 Å². The monoisotopic (exact) mass is 549 g/mol. The summed E-state index contributed by atoms with van der Waals surface area (Å²) in [4.78, 5) is 23.6. The SMILES string of the molecule is C[C@H]1C[C@@]2(CCN1c1cc(Br)cc(F)c1C#N)N=C(c1ccc(C(F)(F)F)nc1C1CC1)NC2=O. The van der Waals surface area contributed by atoms with Gasteiger partial charge in [0.25, 0.3) is 5.91 Å². The summed E-state index contributed by atoms with van der Waals surface area (Å²) in [5, 5.41) is 12.2. The van der Waals surface area contributed by atoms with Gasteiger partial charge in [-0.3, -0.25) is 9.79 Å². The van der Waals surface area contributed by atoms with Crippen LogP contribution in [0.2, 0.25) is 0 Å². The summed E-state index contributed by atoms with van der Waals surface area (Å²) in [6.07, 6.45) is -2.47. The van der Waals surface area contributed by atoms with E-state index in [0.717, 1.165) is 18.9 Å². The van der Waals surface area contributed by atoms with E-state index in [1.54, 1.807) is 6.07 Å². The molecule has 0 bridgehead atoms. The van der Waals surface area contributed by atoms with Gasteiger partial charge in [0.05, 0.1) is 11.4 Å². The molecule has 1 saturated heterocycles. The molecule has 3 heterocycles. The van der Waals surface area contributed by atoms with Crippen molar-refractivity contribution < 1.29 is 22.4 Å².